The normalized spacial score (nSPS) is 24.0. The number of rotatable bonds is 2. The van der Waals surface area contributed by atoms with E-state index in [1.807, 2.05) is 12.3 Å². The molecular formula is C20H23N5. The fourth-order valence-corrected chi connectivity index (χ4v) is 4.54. The first-order chi connectivity index (χ1) is 12.2. The van der Waals surface area contributed by atoms with Gasteiger partial charge in [0.1, 0.15) is 11.5 Å². The van der Waals surface area contributed by atoms with Crippen LogP contribution in [-0.4, -0.2) is 53.3 Å². The van der Waals surface area contributed by atoms with Crippen LogP contribution in [0.15, 0.2) is 42.6 Å². The van der Waals surface area contributed by atoms with Crippen molar-refractivity contribution in [2.45, 2.75) is 12.8 Å². The van der Waals surface area contributed by atoms with Crippen LogP contribution in [0, 0.1) is 5.41 Å². The average Bonchev–Trinajstić information content (AvgIpc) is 3.34. The van der Waals surface area contributed by atoms with E-state index in [0.29, 0.717) is 5.41 Å². The predicted molar refractivity (Wildman–Crippen MR) is 101 cm³/mol. The Morgan fingerprint density at radius 2 is 1.96 bits per heavy atom. The first-order valence-corrected chi connectivity index (χ1v) is 9.06. The van der Waals surface area contributed by atoms with Gasteiger partial charge in [-0.25, -0.2) is 4.98 Å². The summed E-state index contributed by atoms with van der Waals surface area (Å²) >= 11 is 0. The van der Waals surface area contributed by atoms with Crippen molar-refractivity contribution >= 4 is 16.7 Å². The number of pyridine rings is 1. The summed E-state index contributed by atoms with van der Waals surface area (Å²) in [4.78, 5) is 9.58. The second-order valence-corrected chi connectivity index (χ2v) is 7.68. The molecule has 2 saturated heterocycles. The summed E-state index contributed by atoms with van der Waals surface area (Å²) in [6, 6.07) is 12.5. The number of hydrogen-bond acceptors (Lipinski definition) is 4. The lowest BCUT2D eigenvalue weighted by Gasteiger charge is -2.24. The van der Waals surface area contributed by atoms with E-state index in [4.69, 9.17) is 0 Å². The highest BCUT2D eigenvalue weighted by atomic mass is 15.2. The van der Waals surface area contributed by atoms with Crippen molar-refractivity contribution in [3.8, 4) is 11.3 Å². The number of aromatic nitrogens is 3. The first-order valence-electron chi connectivity index (χ1n) is 9.06. The standard InChI is InChI=1S/C20H23N5/c1-24-10-7-20(13-24)8-11-25(14-20)18-12-15(6-9-21-18)19-16-4-2-3-5-17(16)22-23-19/h2-6,9,12H,7-8,10-11,13-14H2,1H3,(H,22,23). The number of likely N-dealkylation sites (tertiary alicyclic amines) is 1. The Bertz CT molecular complexity index is 917. The molecule has 1 N–H and O–H groups in total. The topological polar surface area (TPSA) is 48.0 Å². The molecular weight excluding hydrogens is 310 g/mol. The Kier molecular flexibility index (Phi) is 3.31. The van der Waals surface area contributed by atoms with Gasteiger partial charge in [-0.1, -0.05) is 18.2 Å². The van der Waals surface area contributed by atoms with E-state index in [1.54, 1.807) is 0 Å². The van der Waals surface area contributed by atoms with Crippen LogP contribution in [0.2, 0.25) is 0 Å². The Hall–Kier alpha value is -2.40. The number of benzene rings is 1. The number of anilines is 1. The van der Waals surface area contributed by atoms with Crippen molar-refractivity contribution in [1.82, 2.24) is 20.1 Å². The zero-order valence-corrected chi connectivity index (χ0v) is 14.6. The number of para-hydroxylation sites is 1. The zero-order chi connectivity index (χ0) is 16.9. The van der Waals surface area contributed by atoms with Gasteiger partial charge in [0.2, 0.25) is 0 Å². The Labute approximate surface area is 147 Å². The summed E-state index contributed by atoms with van der Waals surface area (Å²) in [5.41, 5.74) is 3.68. The molecule has 1 unspecified atom stereocenters. The summed E-state index contributed by atoms with van der Waals surface area (Å²) in [7, 11) is 2.24. The van der Waals surface area contributed by atoms with Crippen LogP contribution in [0.25, 0.3) is 22.2 Å². The van der Waals surface area contributed by atoms with E-state index >= 15 is 0 Å². The first kappa shape index (κ1) is 14.9. The van der Waals surface area contributed by atoms with E-state index < -0.39 is 0 Å². The van der Waals surface area contributed by atoms with Gasteiger partial charge in [-0.2, -0.15) is 5.10 Å². The molecule has 0 bridgehead atoms. The molecule has 25 heavy (non-hydrogen) atoms. The third kappa shape index (κ3) is 2.50. The van der Waals surface area contributed by atoms with Crippen molar-refractivity contribution in [2.75, 3.05) is 38.1 Å². The summed E-state index contributed by atoms with van der Waals surface area (Å²) in [5.74, 6) is 1.08. The van der Waals surface area contributed by atoms with Crippen LogP contribution in [0.1, 0.15) is 12.8 Å². The molecule has 0 saturated carbocycles. The average molecular weight is 333 g/mol. The highest BCUT2D eigenvalue weighted by Gasteiger charge is 2.42. The van der Waals surface area contributed by atoms with Crippen molar-refractivity contribution < 1.29 is 0 Å². The monoisotopic (exact) mass is 333 g/mol. The highest BCUT2D eigenvalue weighted by molar-refractivity contribution is 5.93. The van der Waals surface area contributed by atoms with E-state index in [1.165, 1.54) is 25.9 Å². The number of aromatic amines is 1. The number of fused-ring (bicyclic) bond motifs is 1. The summed E-state index contributed by atoms with van der Waals surface area (Å²) in [6.07, 6.45) is 4.50. The van der Waals surface area contributed by atoms with Gasteiger partial charge < -0.3 is 9.80 Å². The van der Waals surface area contributed by atoms with Crippen LogP contribution in [0.5, 0.6) is 0 Å². The van der Waals surface area contributed by atoms with Crippen LogP contribution in [-0.2, 0) is 0 Å². The van der Waals surface area contributed by atoms with Gasteiger partial charge in [-0.15, -0.1) is 0 Å². The summed E-state index contributed by atoms with van der Waals surface area (Å²) < 4.78 is 0. The molecule has 0 aliphatic carbocycles. The van der Waals surface area contributed by atoms with Crippen molar-refractivity contribution in [3.63, 3.8) is 0 Å². The fourth-order valence-electron chi connectivity index (χ4n) is 4.54. The minimum atomic E-state index is 0.464. The molecule has 1 atom stereocenters. The molecule has 128 valence electrons. The second-order valence-electron chi connectivity index (χ2n) is 7.68. The van der Waals surface area contributed by atoms with Gasteiger partial charge in [-0.3, -0.25) is 5.10 Å². The van der Waals surface area contributed by atoms with E-state index in [9.17, 15) is 0 Å². The van der Waals surface area contributed by atoms with Gasteiger partial charge in [0.25, 0.3) is 0 Å². The lowest BCUT2D eigenvalue weighted by atomic mass is 9.86. The molecule has 5 rings (SSSR count). The lowest BCUT2D eigenvalue weighted by molar-refractivity contribution is 0.312. The molecule has 3 aromatic rings. The molecule has 5 heteroatoms. The van der Waals surface area contributed by atoms with Crippen LogP contribution < -0.4 is 4.90 Å². The lowest BCUT2D eigenvalue weighted by Crippen LogP contribution is -2.30. The quantitative estimate of drug-likeness (QED) is 0.783. The maximum Gasteiger partial charge on any atom is 0.129 e. The smallest absolute Gasteiger partial charge is 0.129 e. The minimum Gasteiger partial charge on any atom is -0.356 e. The third-order valence-electron chi connectivity index (χ3n) is 5.88. The Balaban J connectivity index is 1.46. The molecule has 4 heterocycles. The molecule has 5 nitrogen and oxygen atoms in total. The highest BCUT2D eigenvalue weighted by Crippen LogP contribution is 2.40. The molecule has 1 spiro atoms. The van der Waals surface area contributed by atoms with Crippen molar-refractivity contribution in [2.24, 2.45) is 5.41 Å². The van der Waals surface area contributed by atoms with Crippen LogP contribution >= 0.6 is 0 Å². The summed E-state index contributed by atoms with van der Waals surface area (Å²) in [6.45, 7) is 4.66. The summed E-state index contributed by atoms with van der Waals surface area (Å²) in [5, 5.41) is 8.83. The maximum atomic E-state index is 4.66. The molecule has 2 aliphatic rings. The Morgan fingerprint density at radius 1 is 1.08 bits per heavy atom. The molecule has 2 aromatic heterocycles. The van der Waals surface area contributed by atoms with Gasteiger partial charge >= 0.3 is 0 Å². The van der Waals surface area contributed by atoms with Gasteiger partial charge in [0, 0.05) is 42.2 Å². The molecule has 2 aliphatic heterocycles. The molecule has 1 aromatic carbocycles. The third-order valence-corrected chi connectivity index (χ3v) is 5.88. The van der Waals surface area contributed by atoms with Gasteiger partial charge in [-0.05, 0) is 44.6 Å². The molecule has 0 radical (unpaired) electrons. The SMILES string of the molecule is CN1CCC2(CCN(c3cc(-c4n[nH]c5ccccc45)ccn3)C2)C1. The van der Waals surface area contributed by atoms with Gasteiger partial charge in [0.05, 0.1) is 5.52 Å². The zero-order valence-electron chi connectivity index (χ0n) is 14.6. The van der Waals surface area contributed by atoms with E-state index in [2.05, 4.69) is 62.4 Å². The predicted octanol–water partition coefficient (Wildman–Crippen LogP) is 3.16. The largest absolute Gasteiger partial charge is 0.356 e. The molecule has 2 fully saturated rings. The minimum absolute atomic E-state index is 0.464. The van der Waals surface area contributed by atoms with E-state index in [0.717, 1.165) is 41.1 Å². The van der Waals surface area contributed by atoms with Crippen molar-refractivity contribution in [1.29, 1.82) is 0 Å². The fraction of sp³-hybridized carbons (Fsp3) is 0.400. The number of nitrogens with one attached hydrogen (secondary N) is 1. The van der Waals surface area contributed by atoms with Crippen molar-refractivity contribution in [3.05, 3.63) is 42.6 Å². The maximum absolute atomic E-state index is 4.66. The number of H-pyrrole nitrogens is 1. The van der Waals surface area contributed by atoms with Crippen LogP contribution in [0.4, 0.5) is 5.82 Å². The number of hydrogen-bond donors (Lipinski definition) is 1. The Morgan fingerprint density at radius 3 is 2.84 bits per heavy atom. The van der Waals surface area contributed by atoms with Crippen LogP contribution in [0.3, 0.4) is 0 Å². The van der Waals surface area contributed by atoms with E-state index in [-0.39, 0.29) is 0 Å². The number of nitrogens with zero attached hydrogens (tertiary/aromatic N) is 4. The second kappa shape index (κ2) is 5.56. The van der Waals surface area contributed by atoms with Gasteiger partial charge in [0.15, 0.2) is 0 Å². The molecule has 0 amide bonds.